The fourth-order valence-corrected chi connectivity index (χ4v) is 4.96. The third-order valence-electron chi connectivity index (χ3n) is 4.66. The highest BCUT2D eigenvalue weighted by molar-refractivity contribution is 8.00. The minimum absolute atomic E-state index is 0.0589. The number of alkyl halides is 4. The molecule has 4 atom stereocenters. The molecule has 0 radical (unpaired) electrons. The highest BCUT2D eigenvalue weighted by Crippen LogP contribution is 2.44. The van der Waals surface area contributed by atoms with Crippen molar-refractivity contribution in [1.82, 2.24) is 10.2 Å². The minimum Gasteiger partial charge on any atom is -0.480 e. The summed E-state index contributed by atoms with van der Waals surface area (Å²) in [5, 5.41) is 18.8. The topological polar surface area (TPSA) is 150 Å². The van der Waals surface area contributed by atoms with Crippen molar-refractivity contribution < 1.29 is 42.6 Å². The molecular formula is C18H19ClF3N3O6S. The summed E-state index contributed by atoms with van der Waals surface area (Å²) < 4.78 is 31.7. The molecule has 2 aliphatic heterocycles. The molecule has 9 nitrogen and oxygen atoms in total. The van der Waals surface area contributed by atoms with Gasteiger partial charge in [0.1, 0.15) is 17.5 Å². The smallest absolute Gasteiger partial charge is 0.480 e. The molecule has 0 spiro atoms. The third kappa shape index (κ3) is 5.57. The zero-order valence-electron chi connectivity index (χ0n) is 16.4. The van der Waals surface area contributed by atoms with E-state index in [4.69, 9.17) is 27.2 Å². The molecule has 3 rings (SSSR count). The SMILES string of the molecule is C[C@@]1(Cl)CS[C@@H]2[C@H](NC(=O)Cc3ccccc3N)C(=O)N2[C@H]1C(=O)O.O=C(O)C(F)(F)F. The van der Waals surface area contributed by atoms with Crippen molar-refractivity contribution in [2.75, 3.05) is 11.5 Å². The summed E-state index contributed by atoms with van der Waals surface area (Å²) >= 11 is 7.65. The summed E-state index contributed by atoms with van der Waals surface area (Å²) in [4.78, 5) is 45.3. The van der Waals surface area contributed by atoms with Crippen molar-refractivity contribution in [3.8, 4) is 0 Å². The van der Waals surface area contributed by atoms with Crippen LogP contribution in [0.5, 0.6) is 0 Å². The van der Waals surface area contributed by atoms with Crippen LogP contribution in [-0.2, 0) is 25.6 Å². The van der Waals surface area contributed by atoms with E-state index >= 15 is 0 Å². The standard InChI is InChI=1S/C16H18ClN3O4S.C2HF3O2/c1-16(17)7-25-14-11(13(22)20(14)12(16)15(23)24)19-10(21)6-8-4-2-3-5-9(8)18;3-2(4,5)1(6)7/h2-5,11-12,14H,6-7,18H2,1H3,(H,19,21)(H,23,24);(H,6,7)/t11-,12+,14-,16-;/m1./s1. The number of nitrogens with two attached hydrogens (primary N) is 1. The number of carboxylic acid groups (broad SMARTS) is 2. The molecule has 0 bridgehead atoms. The fourth-order valence-electron chi connectivity index (χ4n) is 3.16. The van der Waals surface area contributed by atoms with Gasteiger partial charge in [-0.2, -0.15) is 13.2 Å². The van der Waals surface area contributed by atoms with E-state index < -0.39 is 46.4 Å². The quantitative estimate of drug-likeness (QED) is 0.276. The van der Waals surface area contributed by atoms with E-state index in [0.717, 1.165) is 0 Å². The lowest BCUT2D eigenvalue weighted by Gasteiger charge is -2.55. The fraction of sp³-hybridized carbons (Fsp3) is 0.444. The average molecular weight is 498 g/mol. The number of amides is 2. The maximum absolute atomic E-state index is 12.4. The Labute approximate surface area is 189 Å². The Hall–Kier alpha value is -2.67. The summed E-state index contributed by atoms with van der Waals surface area (Å²) in [6.45, 7) is 1.61. The second-order valence-electron chi connectivity index (χ2n) is 7.19. The number of carbonyl (C=O) groups excluding carboxylic acids is 2. The number of anilines is 1. The lowest BCUT2D eigenvalue weighted by Crippen LogP contribution is -2.78. The monoisotopic (exact) mass is 497 g/mol. The highest BCUT2D eigenvalue weighted by atomic mass is 35.5. The van der Waals surface area contributed by atoms with E-state index in [1.165, 1.54) is 16.7 Å². The van der Waals surface area contributed by atoms with Crippen LogP contribution < -0.4 is 11.1 Å². The number of hydrogen-bond acceptors (Lipinski definition) is 6. The second-order valence-corrected chi connectivity index (χ2v) is 9.16. The van der Waals surface area contributed by atoms with Gasteiger partial charge in [0.15, 0.2) is 0 Å². The molecular weight excluding hydrogens is 479 g/mol. The Balaban J connectivity index is 0.000000451. The van der Waals surface area contributed by atoms with Gasteiger partial charge in [-0.3, -0.25) is 9.59 Å². The highest BCUT2D eigenvalue weighted by Gasteiger charge is 2.61. The van der Waals surface area contributed by atoms with Gasteiger partial charge in [0.05, 0.1) is 11.3 Å². The first-order valence-corrected chi connectivity index (χ1v) is 10.4. The first-order chi connectivity index (χ1) is 14.7. The molecule has 0 aliphatic carbocycles. The Bertz CT molecular complexity index is 929. The van der Waals surface area contributed by atoms with E-state index in [0.29, 0.717) is 17.0 Å². The molecule has 176 valence electrons. The first kappa shape index (κ1) is 25.6. The van der Waals surface area contributed by atoms with Crippen LogP contribution in [-0.4, -0.2) is 73.1 Å². The van der Waals surface area contributed by atoms with Crippen molar-refractivity contribution in [1.29, 1.82) is 0 Å². The number of fused-ring (bicyclic) bond motifs is 1. The number of β-lactam (4-membered cyclic amide) rings is 1. The molecule has 1 aromatic rings. The number of benzene rings is 1. The third-order valence-corrected chi connectivity index (χ3v) is 6.77. The van der Waals surface area contributed by atoms with Crippen molar-refractivity contribution in [3.05, 3.63) is 29.8 Å². The van der Waals surface area contributed by atoms with Crippen LogP contribution in [0.3, 0.4) is 0 Å². The number of nitrogens with zero attached hydrogens (tertiary/aromatic N) is 1. The lowest BCUT2D eigenvalue weighted by molar-refractivity contribution is -0.192. The van der Waals surface area contributed by atoms with Crippen LogP contribution in [0.4, 0.5) is 18.9 Å². The van der Waals surface area contributed by atoms with Crippen LogP contribution in [0.1, 0.15) is 12.5 Å². The molecule has 2 saturated heterocycles. The van der Waals surface area contributed by atoms with Crippen LogP contribution in [0.15, 0.2) is 24.3 Å². The summed E-state index contributed by atoms with van der Waals surface area (Å²) in [5.74, 6) is -4.28. The molecule has 14 heteroatoms. The summed E-state index contributed by atoms with van der Waals surface area (Å²) in [6, 6.07) is 5.17. The first-order valence-electron chi connectivity index (χ1n) is 8.95. The van der Waals surface area contributed by atoms with E-state index in [9.17, 15) is 32.7 Å². The van der Waals surface area contributed by atoms with Gasteiger partial charge in [-0.05, 0) is 18.6 Å². The second kappa shape index (κ2) is 9.45. The number of aliphatic carboxylic acids is 2. The predicted octanol–water partition coefficient (Wildman–Crippen LogP) is 1.30. The van der Waals surface area contributed by atoms with Gasteiger partial charge in [-0.1, -0.05) is 18.2 Å². The normalized spacial score (nSPS) is 26.7. The predicted molar refractivity (Wildman–Crippen MR) is 109 cm³/mol. The number of hydrogen-bond donors (Lipinski definition) is 4. The van der Waals surface area contributed by atoms with Gasteiger partial charge in [-0.25, -0.2) is 9.59 Å². The maximum Gasteiger partial charge on any atom is 0.490 e. The van der Waals surface area contributed by atoms with Crippen LogP contribution in [0.2, 0.25) is 0 Å². The number of carboxylic acids is 2. The zero-order valence-corrected chi connectivity index (χ0v) is 18.0. The molecule has 2 heterocycles. The van der Waals surface area contributed by atoms with E-state index in [1.807, 2.05) is 0 Å². The molecule has 0 aromatic heterocycles. The number of nitrogen functional groups attached to an aromatic ring is 1. The Morgan fingerprint density at radius 1 is 1.31 bits per heavy atom. The number of rotatable bonds is 4. The molecule has 2 amide bonds. The molecule has 2 fully saturated rings. The average Bonchev–Trinajstić information content (AvgIpc) is 2.66. The number of para-hydroxylation sites is 1. The van der Waals surface area contributed by atoms with Gasteiger partial charge < -0.3 is 26.2 Å². The van der Waals surface area contributed by atoms with Gasteiger partial charge in [0.2, 0.25) is 11.8 Å². The number of nitrogens with one attached hydrogen (secondary N) is 1. The lowest BCUT2D eigenvalue weighted by atomic mass is 9.94. The zero-order chi connectivity index (χ0) is 24.4. The Morgan fingerprint density at radius 2 is 1.88 bits per heavy atom. The van der Waals surface area contributed by atoms with Crippen LogP contribution >= 0.6 is 23.4 Å². The van der Waals surface area contributed by atoms with Crippen LogP contribution in [0.25, 0.3) is 0 Å². The van der Waals surface area contributed by atoms with E-state index in [2.05, 4.69) is 5.32 Å². The molecule has 2 aliphatic rings. The Morgan fingerprint density at radius 3 is 2.38 bits per heavy atom. The van der Waals surface area contributed by atoms with Gasteiger partial charge in [0, 0.05) is 11.4 Å². The number of thioether (sulfide) groups is 1. The van der Waals surface area contributed by atoms with Crippen molar-refractivity contribution in [2.45, 2.75) is 41.9 Å². The van der Waals surface area contributed by atoms with E-state index in [-0.39, 0.29) is 12.3 Å². The van der Waals surface area contributed by atoms with Gasteiger partial charge in [0.25, 0.3) is 0 Å². The molecule has 5 N–H and O–H groups in total. The summed E-state index contributed by atoms with van der Waals surface area (Å²) in [6.07, 6.45) is -5.02. The van der Waals surface area contributed by atoms with Crippen molar-refractivity contribution >= 4 is 52.8 Å². The molecule has 1 aromatic carbocycles. The molecule has 0 unspecified atom stereocenters. The number of halogens is 4. The molecule has 32 heavy (non-hydrogen) atoms. The Kier molecular flexibility index (Phi) is 7.55. The summed E-state index contributed by atoms with van der Waals surface area (Å²) in [5.41, 5.74) is 7.01. The van der Waals surface area contributed by atoms with Gasteiger partial charge >= 0.3 is 18.1 Å². The summed E-state index contributed by atoms with van der Waals surface area (Å²) in [7, 11) is 0. The molecule has 0 saturated carbocycles. The van der Waals surface area contributed by atoms with E-state index in [1.54, 1.807) is 31.2 Å². The van der Waals surface area contributed by atoms with Gasteiger partial charge in [-0.15, -0.1) is 23.4 Å². The van der Waals surface area contributed by atoms with Crippen molar-refractivity contribution in [3.63, 3.8) is 0 Å². The number of carbonyl (C=O) groups is 4. The van der Waals surface area contributed by atoms with Crippen molar-refractivity contribution in [2.24, 2.45) is 0 Å². The largest absolute Gasteiger partial charge is 0.490 e. The maximum atomic E-state index is 12.4. The minimum atomic E-state index is -5.08. The van der Waals surface area contributed by atoms with Crippen LogP contribution in [0, 0.1) is 0 Å².